The molecule has 1 amide bonds. The number of imidazole rings is 1. The maximum absolute atomic E-state index is 13.9. The Hall–Kier alpha value is -3.29. The summed E-state index contributed by atoms with van der Waals surface area (Å²) in [6, 6.07) is 6.05. The van der Waals surface area contributed by atoms with Gasteiger partial charge in [0.15, 0.2) is 0 Å². The minimum Gasteiger partial charge on any atom is -0.465 e. The van der Waals surface area contributed by atoms with E-state index in [1.807, 2.05) is 0 Å². The topological polar surface area (TPSA) is 72.7 Å². The number of fused-ring (bicyclic) bond motifs is 1. The van der Waals surface area contributed by atoms with Crippen molar-refractivity contribution in [1.82, 2.24) is 9.38 Å². The first-order chi connectivity index (χ1) is 11.5. The molecular weight excluding hydrogens is 320 g/mol. The number of nitrogens with one attached hydrogen (secondary N) is 1. The van der Waals surface area contributed by atoms with E-state index < -0.39 is 23.5 Å². The van der Waals surface area contributed by atoms with Gasteiger partial charge in [-0.05, 0) is 30.3 Å². The van der Waals surface area contributed by atoms with Gasteiger partial charge in [0.2, 0.25) is 0 Å². The quantitative estimate of drug-likeness (QED) is 0.749. The first-order valence-corrected chi connectivity index (χ1v) is 6.81. The second-order valence-electron chi connectivity index (χ2n) is 4.86. The van der Waals surface area contributed by atoms with Crippen molar-refractivity contribution in [1.29, 1.82) is 0 Å². The van der Waals surface area contributed by atoms with E-state index in [9.17, 15) is 18.4 Å². The molecule has 1 N–H and O–H groups in total. The number of methoxy groups -OCH3 is 1. The molecule has 122 valence electrons. The van der Waals surface area contributed by atoms with Gasteiger partial charge in [0.1, 0.15) is 23.0 Å². The number of anilines is 1. The lowest BCUT2D eigenvalue weighted by Crippen LogP contribution is -2.16. The highest BCUT2D eigenvalue weighted by Gasteiger charge is 2.16. The third-order valence-corrected chi connectivity index (χ3v) is 3.34. The number of halogens is 2. The summed E-state index contributed by atoms with van der Waals surface area (Å²) in [5, 5.41) is 2.34. The van der Waals surface area contributed by atoms with Crippen molar-refractivity contribution in [3.8, 4) is 0 Å². The number of amides is 1. The van der Waals surface area contributed by atoms with Gasteiger partial charge < -0.3 is 10.1 Å². The normalized spacial score (nSPS) is 10.6. The SMILES string of the molecule is COC(=O)c1ccc(F)c(NC(=O)c2cnc3ccc(F)cn23)c1. The Morgan fingerprint density at radius 2 is 2.00 bits per heavy atom. The van der Waals surface area contributed by atoms with Crippen LogP contribution in [0.3, 0.4) is 0 Å². The summed E-state index contributed by atoms with van der Waals surface area (Å²) < 4.78 is 33.0. The van der Waals surface area contributed by atoms with Gasteiger partial charge in [-0.15, -0.1) is 0 Å². The van der Waals surface area contributed by atoms with Gasteiger partial charge in [-0.2, -0.15) is 0 Å². The predicted octanol–water partition coefficient (Wildman–Crippen LogP) is 2.65. The molecule has 0 aliphatic carbocycles. The van der Waals surface area contributed by atoms with Crippen molar-refractivity contribution in [2.45, 2.75) is 0 Å². The summed E-state index contributed by atoms with van der Waals surface area (Å²) in [6.07, 6.45) is 2.34. The Morgan fingerprint density at radius 3 is 2.75 bits per heavy atom. The van der Waals surface area contributed by atoms with Crippen LogP contribution in [0.1, 0.15) is 20.8 Å². The first-order valence-electron chi connectivity index (χ1n) is 6.81. The van der Waals surface area contributed by atoms with E-state index in [0.717, 1.165) is 18.3 Å². The zero-order chi connectivity index (χ0) is 17.3. The van der Waals surface area contributed by atoms with E-state index in [1.165, 1.54) is 35.9 Å². The summed E-state index contributed by atoms with van der Waals surface area (Å²) in [7, 11) is 1.19. The summed E-state index contributed by atoms with van der Waals surface area (Å²) in [5.74, 6) is -2.64. The van der Waals surface area contributed by atoms with Gasteiger partial charge in [-0.25, -0.2) is 18.6 Å². The first kappa shape index (κ1) is 15.6. The number of nitrogens with zero attached hydrogens (tertiary/aromatic N) is 2. The Labute approximate surface area is 134 Å². The van der Waals surface area contributed by atoms with Crippen LogP contribution >= 0.6 is 0 Å². The van der Waals surface area contributed by atoms with Crippen LogP contribution in [-0.4, -0.2) is 28.4 Å². The summed E-state index contributed by atoms with van der Waals surface area (Å²) >= 11 is 0. The summed E-state index contributed by atoms with van der Waals surface area (Å²) in [5.41, 5.74) is 0.269. The molecule has 0 atom stereocenters. The molecule has 3 aromatic rings. The second kappa shape index (κ2) is 6.07. The maximum Gasteiger partial charge on any atom is 0.337 e. The van der Waals surface area contributed by atoms with Crippen molar-refractivity contribution >= 4 is 23.2 Å². The van der Waals surface area contributed by atoms with Gasteiger partial charge in [-0.3, -0.25) is 9.20 Å². The maximum atomic E-state index is 13.9. The number of benzene rings is 1. The molecule has 0 aliphatic rings. The van der Waals surface area contributed by atoms with Crippen LogP contribution < -0.4 is 5.32 Å². The number of hydrogen-bond acceptors (Lipinski definition) is 4. The molecule has 24 heavy (non-hydrogen) atoms. The lowest BCUT2D eigenvalue weighted by atomic mass is 10.2. The molecule has 8 heteroatoms. The Morgan fingerprint density at radius 1 is 1.21 bits per heavy atom. The molecular formula is C16H11F2N3O3. The zero-order valence-electron chi connectivity index (χ0n) is 12.4. The van der Waals surface area contributed by atoms with Crippen LogP contribution in [0.25, 0.3) is 5.65 Å². The third-order valence-electron chi connectivity index (χ3n) is 3.34. The minimum absolute atomic E-state index is 0.0207. The number of aromatic nitrogens is 2. The predicted molar refractivity (Wildman–Crippen MR) is 80.8 cm³/mol. The lowest BCUT2D eigenvalue weighted by Gasteiger charge is -2.08. The van der Waals surface area contributed by atoms with Gasteiger partial charge in [-0.1, -0.05) is 0 Å². The zero-order valence-corrected chi connectivity index (χ0v) is 12.4. The Bertz CT molecular complexity index is 953. The van der Waals surface area contributed by atoms with Crippen molar-refractivity contribution in [3.05, 3.63) is 65.6 Å². The number of carbonyl (C=O) groups excluding carboxylic acids is 2. The number of rotatable bonds is 3. The minimum atomic E-state index is -0.726. The number of carbonyl (C=O) groups is 2. The van der Waals surface area contributed by atoms with Crippen LogP contribution in [0, 0.1) is 11.6 Å². The second-order valence-corrected chi connectivity index (χ2v) is 4.86. The molecule has 0 bridgehead atoms. The van der Waals surface area contributed by atoms with Crippen LogP contribution in [0.4, 0.5) is 14.5 Å². The van der Waals surface area contributed by atoms with Crippen LogP contribution in [-0.2, 0) is 4.74 Å². The number of hydrogen-bond donors (Lipinski definition) is 1. The standard InChI is InChI=1S/C16H11F2N3O3/c1-24-16(23)9-2-4-11(18)12(6-9)20-15(22)13-7-19-14-5-3-10(17)8-21(13)14/h2-8H,1H3,(H,20,22). The van der Waals surface area contributed by atoms with E-state index >= 15 is 0 Å². The van der Waals surface area contributed by atoms with Crippen LogP contribution in [0.15, 0.2) is 42.7 Å². The van der Waals surface area contributed by atoms with E-state index in [0.29, 0.717) is 5.65 Å². The molecule has 3 rings (SSSR count). The fourth-order valence-corrected chi connectivity index (χ4v) is 2.17. The van der Waals surface area contributed by atoms with Gasteiger partial charge in [0.05, 0.1) is 24.6 Å². The van der Waals surface area contributed by atoms with Crippen LogP contribution in [0.2, 0.25) is 0 Å². The van der Waals surface area contributed by atoms with Crippen molar-refractivity contribution < 1.29 is 23.1 Å². The summed E-state index contributed by atoms with van der Waals surface area (Å²) in [6.45, 7) is 0. The van der Waals surface area contributed by atoms with Crippen molar-refractivity contribution in [3.63, 3.8) is 0 Å². The highest BCUT2D eigenvalue weighted by molar-refractivity contribution is 6.04. The van der Waals surface area contributed by atoms with Gasteiger partial charge in [0, 0.05) is 6.20 Å². The third kappa shape index (κ3) is 2.81. The Kier molecular flexibility index (Phi) is 3.95. The number of ether oxygens (including phenoxy) is 1. The number of esters is 1. The van der Waals surface area contributed by atoms with Gasteiger partial charge >= 0.3 is 5.97 Å². The highest BCUT2D eigenvalue weighted by atomic mass is 19.1. The molecule has 0 spiro atoms. The average Bonchev–Trinajstić information content (AvgIpc) is 2.99. The van der Waals surface area contributed by atoms with E-state index in [-0.39, 0.29) is 16.9 Å². The largest absolute Gasteiger partial charge is 0.465 e. The van der Waals surface area contributed by atoms with Crippen molar-refractivity contribution in [2.24, 2.45) is 0 Å². The molecule has 0 saturated heterocycles. The summed E-state index contributed by atoms with van der Waals surface area (Å²) in [4.78, 5) is 27.8. The fraction of sp³-hybridized carbons (Fsp3) is 0.0625. The molecule has 0 radical (unpaired) electrons. The van der Waals surface area contributed by atoms with Crippen molar-refractivity contribution in [2.75, 3.05) is 12.4 Å². The molecule has 0 saturated carbocycles. The molecule has 6 nitrogen and oxygen atoms in total. The lowest BCUT2D eigenvalue weighted by molar-refractivity contribution is 0.0600. The molecule has 2 heterocycles. The number of pyridine rings is 1. The monoisotopic (exact) mass is 331 g/mol. The van der Waals surface area contributed by atoms with Crippen LogP contribution in [0.5, 0.6) is 0 Å². The van der Waals surface area contributed by atoms with Gasteiger partial charge in [0.25, 0.3) is 5.91 Å². The smallest absolute Gasteiger partial charge is 0.337 e. The highest BCUT2D eigenvalue weighted by Crippen LogP contribution is 2.18. The fourth-order valence-electron chi connectivity index (χ4n) is 2.17. The van der Waals surface area contributed by atoms with E-state index in [2.05, 4.69) is 15.0 Å². The Balaban J connectivity index is 1.94. The molecule has 0 unspecified atom stereocenters. The molecule has 2 aromatic heterocycles. The molecule has 0 fully saturated rings. The average molecular weight is 331 g/mol. The van der Waals surface area contributed by atoms with E-state index in [4.69, 9.17) is 0 Å². The molecule has 0 aliphatic heterocycles. The molecule has 1 aromatic carbocycles. The van der Waals surface area contributed by atoms with E-state index in [1.54, 1.807) is 0 Å².